The van der Waals surface area contributed by atoms with Crippen molar-refractivity contribution in [2.75, 3.05) is 5.32 Å². The highest BCUT2D eigenvalue weighted by Crippen LogP contribution is 2.23. The minimum atomic E-state index is -0.329. The molecule has 5 heteroatoms. The maximum absolute atomic E-state index is 12.0. The van der Waals surface area contributed by atoms with Crippen LogP contribution in [0.25, 0.3) is 0 Å². The number of carbonyl (C=O) groups excluding carboxylic acids is 1. The molecule has 0 atom stereocenters. The van der Waals surface area contributed by atoms with Gasteiger partial charge in [0, 0.05) is 6.20 Å². The van der Waals surface area contributed by atoms with E-state index >= 15 is 0 Å². The van der Waals surface area contributed by atoms with Crippen molar-refractivity contribution in [1.29, 1.82) is 5.26 Å². The van der Waals surface area contributed by atoms with Gasteiger partial charge in [-0.2, -0.15) is 5.26 Å². The minimum Gasteiger partial charge on any atom is -0.319 e. The second-order valence-electron chi connectivity index (χ2n) is 3.93. The van der Waals surface area contributed by atoms with Crippen LogP contribution in [0.4, 0.5) is 5.69 Å². The summed E-state index contributed by atoms with van der Waals surface area (Å²) in [5, 5.41) is 11.7. The average molecular weight is 272 g/mol. The van der Waals surface area contributed by atoms with Gasteiger partial charge in [-0.05, 0) is 36.8 Å². The Morgan fingerprint density at radius 3 is 2.84 bits per heavy atom. The summed E-state index contributed by atoms with van der Waals surface area (Å²) in [6, 6.07) is 10.2. The SMILES string of the molecule is Cc1cccnc1C(=O)Nc1ccc(C#N)cc1Cl. The number of rotatable bonds is 2. The van der Waals surface area contributed by atoms with Crippen molar-refractivity contribution in [2.24, 2.45) is 0 Å². The van der Waals surface area contributed by atoms with Gasteiger partial charge in [0.05, 0.1) is 22.3 Å². The van der Waals surface area contributed by atoms with Crippen LogP contribution in [0.1, 0.15) is 21.6 Å². The molecule has 0 saturated heterocycles. The molecule has 1 aromatic carbocycles. The average Bonchev–Trinajstić information content (AvgIpc) is 2.41. The molecule has 0 radical (unpaired) electrons. The lowest BCUT2D eigenvalue weighted by Crippen LogP contribution is -2.15. The number of nitrogens with zero attached hydrogens (tertiary/aromatic N) is 2. The predicted molar refractivity (Wildman–Crippen MR) is 73.1 cm³/mol. The Kier molecular flexibility index (Phi) is 3.79. The normalized spacial score (nSPS) is 9.74. The number of amides is 1. The summed E-state index contributed by atoms with van der Waals surface area (Å²) in [6.07, 6.45) is 1.56. The van der Waals surface area contributed by atoms with Crippen LogP contribution in [0.3, 0.4) is 0 Å². The first kappa shape index (κ1) is 13.1. The van der Waals surface area contributed by atoms with Gasteiger partial charge in [0.25, 0.3) is 5.91 Å². The van der Waals surface area contributed by atoms with Gasteiger partial charge in [-0.25, -0.2) is 0 Å². The Hall–Kier alpha value is -2.38. The van der Waals surface area contributed by atoms with Crippen LogP contribution >= 0.6 is 11.6 Å². The van der Waals surface area contributed by atoms with Gasteiger partial charge in [-0.1, -0.05) is 17.7 Å². The standard InChI is InChI=1S/C14H10ClN3O/c1-9-3-2-6-17-13(9)14(19)18-12-5-4-10(8-16)7-11(12)15/h2-7H,1H3,(H,18,19). The quantitative estimate of drug-likeness (QED) is 0.912. The number of nitriles is 1. The number of aromatic nitrogens is 1. The van der Waals surface area contributed by atoms with Crippen LogP contribution in [-0.4, -0.2) is 10.9 Å². The zero-order chi connectivity index (χ0) is 13.8. The fraction of sp³-hybridized carbons (Fsp3) is 0.0714. The molecule has 1 aromatic heterocycles. The zero-order valence-electron chi connectivity index (χ0n) is 10.1. The molecule has 1 heterocycles. The number of carbonyl (C=O) groups is 1. The molecule has 1 amide bonds. The lowest BCUT2D eigenvalue weighted by Gasteiger charge is -2.08. The molecule has 94 valence electrons. The molecular weight excluding hydrogens is 262 g/mol. The Balaban J connectivity index is 2.25. The van der Waals surface area contributed by atoms with Gasteiger partial charge >= 0.3 is 0 Å². The summed E-state index contributed by atoms with van der Waals surface area (Å²) >= 11 is 5.99. The van der Waals surface area contributed by atoms with Crippen molar-refractivity contribution < 1.29 is 4.79 Å². The monoisotopic (exact) mass is 271 g/mol. The van der Waals surface area contributed by atoms with Crippen LogP contribution in [0.5, 0.6) is 0 Å². The van der Waals surface area contributed by atoms with E-state index in [0.29, 0.717) is 22.0 Å². The van der Waals surface area contributed by atoms with Gasteiger partial charge in [0.15, 0.2) is 0 Å². The van der Waals surface area contributed by atoms with Crippen LogP contribution < -0.4 is 5.32 Å². The number of aryl methyl sites for hydroxylation is 1. The van der Waals surface area contributed by atoms with Crippen molar-refractivity contribution in [2.45, 2.75) is 6.92 Å². The largest absolute Gasteiger partial charge is 0.319 e. The first-order valence-corrected chi connectivity index (χ1v) is 5.92. The number of benzene rings is 1. The van der Waals surface area contributed by atoms with Crippen molar-refractivity contribution >= 4 is 23.2 Å². The number of hydrogen-bond donors (Lipinski definition) is 1. The molecule has 0 aliphatic heterocycles. The summed E-state index contributed by atoms with van der Waals surface area (Å²) in [6.45, 7) is 1.81. The second kappa shape index (κ2) is 5.51. The summed E-state index contributed by atoms with van der Waals surface area (Å²) in [4.78, 5) is 16.1. The van der Waals surface area contributed by atoms with E-state index in [0.717, 1.165) is 5.56 Å². The van der Waals surface area contributed by atoms with Gasteiger partial charge in [-0.3, -0.25) is 9.78 Å². The second-order valence-corrected chi connectivity index (χ2v) is 4.34. The van der Waals surface area contributed by atoms with Gasteiger partial charge in [-0.15, -0.1) is 0 Å². The molecule has 0 saturated carbocycles. The first-order valence-electron chi connectivity index (χ1n) is 5.54. The van der Waals surface area contributed by atoms with E-state index in [1.54, 1.807) is 24.4 Å². The van der Waals surface area contributed by atoms with E-state index in [-0.39, 0.29) is 5.91 Å². The number of hydrogen-bond acceptors (Lipinski definition) is 3. The van der Waals surface area contributed by atoms with Gasteiger partial charge in [0.1, 0.15) is 5.69 Å². The fourth-order valence-electron chi connectivity index (χ4n) is 1.59. The number of pyridine rings is 1. The Labute approximate surface area is 115 Å². The van der Waals surface area contributed by atoms with Crippen molar-refractivity contribution in [3.05, 3.63) is 58.4 Å². The van der Waals surface area contributed by atoms with Gasteiger partial charge < -0.3 is 5.32 Å². The lowest BCUT2D eigenvalue weighted by molar-refractivity contribution is 0.102. The van der Waals surface area contributed by atoms with E-state index in [1.165, 1.54) is 6.07 Å². The molecule has 0 aliphatic rings. The Bertz CT molecular complexity index is 677. The maximum Gasteiger partial charge on any atom is 0.274 e. The molecule has 0 spiro atoms. The Morgan fingerprint density at radius 1 is 1.42 bits per heavy atom. The third-order valence-electron chi connectivity index (χ3n) is 2.57. The lowest BCUT2D eigenvalue weighted by atomic mass is 10.2. The molecule has 0 unspecified atom stereocenters. The van der Waals surface area contributed by atoms with E-state index in [9.17, 15) is 4.79 Å². The van der Waals surface area contributed by atoms with E-state index in [4.69, 9.17) is 16.9 Å². The van der Waals surface area contributed by atoms with Crippen LogP contribution in [-0.2, 0) is 0 Å². The van der Waals surface area contributed by atoms with Gasteiger partial charge in [0.2, 0.25) is 0 Å². The van der Waals surface area contributed by atoms with Crippen molar-refractivity contribution in [1.82, 2.24) is 4.98 Å². The van der Waals surface area contributed by atoms with E-state index in [2.05, 4.69) is 10.3 Å². The third-order valence-corrected chi connectivity index (χ3v) is 2.88. The Morgan fingerprint density at radius 2 is 2.21 bits per heavy atom. The molecule has 0 bridgehead atoms. The van der Waals surface area contributed by atoms with Crippen molar-refractivity contribution in [3.8, 4) is 6.07 Å². The molecule has 2 aromatic rings. The fourth-order valence-corrected chi connectivity index (χ4v) is 1.82. The summed E-state index contributed by atoms with van der Waals surface area (Å²) in [5.74, 6) is -0.329. The molecule has 19 heavy (non-hydrogen) atoms. The number of nitrogens with one attached hydrogen (secondary N) is 1. The van der Waals surface area contributed by atoms with Crippen LogP contribution in [0.15, 0.2) is 36.5 Å². The predicted octanol–water partition coefficient (Wildman–Crippen LogP) is 3.17. The summed E-state index contributed by atoms with van der Waals surface area (Å²) < 4.78 is 0. The molecule has 4 nitrogen and oxygen atoms in total. The number of halogens is 1. The van der Waals surface area contributed by atoms with E-state index in [1.807, 2.05) is 19.1 Å². The minimum absolute atomic E-state index is 0.320. The highest BCUT2D eigenvalue weighted by Gasteiger charge is 2.12. The zero-order valence-corrected chi connectivity index (χ0v) is 10.9. The van der Waals surface area contributed by atoms with Crippen molar-refractivity contribution in [3.63, 3.8) is 0 Å². The topological polar surface area (TPSA) is 65.8 Å². The molecule has 0 aliphatic carbocycles. The molecule has 1 N–H and O–H groups in total. The van der Waals surface area contributed by atoms with E-state index < -0.39 is 0 Å². The molecule has 0 fully saturated rings. The third kappa shape index (κ3) is 2.90. The molecular formula is C14H10ClN3O. The summed E-state index contributed by atoms with van der Waals surface area (Å²) in [7, 11) is 0. The highest BCUT2D eigenvalue weighted by molar-refractivity contribution is 6.34. The van der Waals surface area contributed by atoms with Crippen LogP contribution in [0, 0.1) is 18.3 Å². The first-order chi connectivity index (χ1) is 9.11. The smallest absolute Gasteiger partial charge is 0.274 e. The highest BCUT2D eigenvalue weighted by atomic mass is 35.5. The summed E-state index contributed by atoms with van der Waals surface area (Å²) in [5.41, 5.74) is 2.03. The number of anilines is 1. The van der Waals surface area contributed by atoms with Crippen LogP contribution in [0.2, 0.25) is 5.02 Å². The maximum atomic E-state index is 12.0. The molecule has 2 rings (SSSR count).